The highest BCUT2D eigenvalue weighted by Crippen LogP contribution is 2.15. The normalized spacial score (nSPS) is 10.7. The molecule has 0 fully saturated rings. The first-order valence-corrected chi connectivity index (χ1v) is 6.84. The van der Waals surface area contributed by atoms with Gasteiger partial charge in [0.2, 0.25) is 0 Å². The lowest BCUT2D eigenvalue weighted by Gasteiger charge is -2.09. The maximum Gasteiger partial charge on any atom is 0.283 e. The Hall–Kier alpha value is -1.74. The van der Waals surface area contributed by atoms with Crippen LogP contribution in [0.3, 0.4) is 0 Å². The van der Waals surface area contributed by atoms with Gasteiger partial charge in [-0.2, -0.15) is 10.2 Å². The van der Waals surface area contributed by atoms with Crippen molar-refractivity contribution in [2.75, 3.05) is 25.6 Å². The van der Waals surface area contributed by atoms with Crippen molar-refractivity contribution >= 4 is 21.6 Å². The third-order valence-corrected chi connectivity index (χ3v) is 3.40. The van der Waals surface area contributed by atoms with Gasteiger partial charge in [-0.1, -0.05) is 0 Å². The predicted octanol–water partition coefficient (Wildman–Crippen LogP) is 0.425. The molecule has 2 heterocycles. The molecule has 9 heteroatoms. The number of ether oxygens (including phenoxy) is 1. The number of H-pyrrole nitrogens is 1. The van der Waals surface area contributed by atoms with E-state index in [0.717, 1.165) is 5.82 Å². The minimum absolute atomic E-state index is 0.188. The maximum atomic E-state index is 12.0. The molecule has 0 saturated heterocycles. The van der Waals surface area contributed by atoms with Crippen LogP contribution in [0, 0.1) is 0 Å². The van der Waals surface area contributed by atoms with E-state index in [1.54, 1.807) is 13.3 Å². The highest BCUT2D eigenvalue weighted by molar-refractivity contribution is 9.10. The van der Waals surface area contributed by atoms with Crippen molar-refractivity contribution in [1.29, 1.82) is 0 Å². The number of aromatic nitrogens is 5. The van der Waals surface area contributed by atoms with Crippen LogP contribution in [0.4, 0.5) is 5.69 Å². The number of rotatable bonds is 7. The van der Waals surface area contributed by atoms with Crippen LogP contribution < -0.4 is 10.9 Å². The topological polar surface area (TPSA) is 97.7 Å². The first-order chi connectivity index (χ1) is 9.72. The van der Waals surface area contributed by atoms with Crippen molar-refractivity contribution in [3.8, 4) is 0 Å². The molecule has 20 heavy (non-hydrogen) atoms. The second kappa shape index (κ2) is 7.15. The number of halogens is 1. The van der Waals surface area contributed by atoms with Gasteiger partial charge in [0.1, 0.15) is 16.6 Å². The van der Waals surface area contributed by atoms with Gasteiger partial charge in [0.15, 0.2) is 0 Å². The molecule has 0 aliphatic carbocycles. The molecule has 0 aromatic carbocycles. The Morgan fingerprint density at radius 1 is 1.55 bits per heavy atom. The molecule has 0 amide bonds. The minimum Gasteiger partial charge on any atom is -0.383 e. The number of hydrogen-bond donors (Lipinski definition) is 2. The molecule has 8 nitrogen and oxygen atoms in total. The SMILES string of the molecule is COCCn1ncc(NCCc2ncn[nH]2)c(Br)c1=O. The average Bonchev–Trinajstić information content (AvgIpc) is 2.96. The largest absolute Gasteiger partial charge is 0.383 e. The van der Waals surface area contributed by atoms with Crippen LogP contribution >= 0.6 is 15.9 Å². The number of methoxy groups -OCH3 is 1. The molecule has 2 aromatic heterocycles. The first-order valence-electron chi connectivity index (χ1n) is 6.05. The molecule has 0 aliphatic rings. The van der Waals surface area contributed by atoms with E-state index in [4.69, 9.17) is 4.74 Å². The fourth-order valence-corrected chi connectivity index (χ4v) is 2.04. The van der Waals surface area contributed by atoms with Gasteiger partial charge in [-0.05, 0) is 15.9 Å². The van der Waals surface area contributed by atoms with E-state index >= 15 is 0 Å². The quantitative estimate of drug-likeness (QED) is 0.756. The molecule has 2 N–H and O–H groups in total. The summed E-state index contributed by atoms with van der Waals surface area (Å²) in [6.07, 6.45) is 3.75. The minimum atomic E-state index is -0.188. The van der Waals surface area contributed by atoms with Crippen LogP contribution in [-0.4, -0.2) is 45.2 Å². The lowest BCUT2D eigenvalue weighted by molar-refractivity contribution is 0.181. The van der Waals surface area contributed by atoms with E-state index in [1.165, 1.54) is 11.0 Å². The van der Waals surface area contributed by atoms with E-state index < -0.39 is 0 Å². The van der Waals surface area contributed by atoms with Crippen molar-refractivity contribution in [2.24, 2.45) is 0 Å². The summed E-state index contributed by atoms with van der Waals surface area (Å²) >= 11 is 3.29. The Balaban J connectivity index is 1.98. The standard InChI is InChI=1S/C11H15BrN6O2/c1-20-5-4-18-11(19)10(12)8(6-16-18)13-3-2-9-14-7-15-17-9/h6-7,13H,2-5H2,1H3,(H,14,15,17). The van der Waals surface area contributed by atoms with Crippen molar-refractivity contribution in [2.45, 2.75) is 13.0 Å². The summed E-state index contributed by atoms with van der Waals surface area (Å²) in [7, 11) is 1.58. The molecule has 0 unspecified atom stereocenters. The Labute approximate surface area is 123 Å². The number of hydrogen-bond acceptors (Lipinski definition) is 6. The number of nitrogens with one attached hydrogen (secondary N) is 2. The van der Waals surface area contributed by atoms with Crippen LogP contribution in [-0.2, 0) is 17.7 Å². The summed E-state index contributed by atoms with van der Waals surface area (Å²) in [5.74, 6) is 0.787. The smallest absolute Gasteiger partial charge is 0.283 e. The molecule has 0 saturated carbocycles. The van der Waals surface area contributed by atoms with E-state index in [2.05, 4.69) is 41.5 Å². The van der Waals surface area contributed by atoms with Crippen LogP contribution in [0.5, 0.6) is 0 Å². The van der Waals surface area contributed by atoms with E-state index in [0.29, 0.717) is 36.3 Å². The molecule has 0 spiro atoms. The van der Waals surface area contributed by atoms with E-state index in [1.807, 2.05) is 0 Å². The zero-order valence-corrected chi connectivity index (χ0v) is 12.6. The lowest BCUT2D eigenvalue weighted by atomic mass is 10.4. The summed E-state index contributed by atoms with van der Waals surface area (Å²) in [4.78, 5) is 16.0. The second-order valence-corrected chi connectivity index (χ2v) is 4.80. The Morgan fingerprint density at radius 3 is 3.10 bits per heavy atom. The van der Waals surface area contributed by atoms with Crippen LogP contribution in [0.1, 0.15) is 5.82 Å². The lowest BCUT2D eigenvalue weighted by Crippen LogP contribution is -2.26. The molecule has 0 radical (unpaired) electrons. The fraction of sp³-hybridized carbons (Fsp3) is 0.455. The zero-order chi connectivity index (χ0) is 14.4. The van der Waals surface area contributed by atoms with Crippen molar-refractivity contribution in [1.82, 2.24) is 25.0 Å². The van der Waals surface area contributed by atoms with E-state index in [-0.39, 0.29) is 5.56 Å². The number of aromatic amines is 1. The average molecular weight is 343 g/mol. The van der Waals surface area contributed by atoms with Crippen molar-refractivity contribution in [3.63, 3.8) is 0 Å². The molecular formula is C11H15BrN6O2. The summed E-state index contributed by atoms with van der Waals surface area (Å²) in [6, 6.07) is 0. The van der Waals surface area contributed by atoms with Crippen molar-refractivity contribution < 1.29 is 4.74 Å². The molecular weight excluding hydrogens is 328 g/mol. The molecule has 0 aliphatic heterocycles. The fourth-order valence-electron chi connectivity index (χ4n) is 1.59. The van der Waals surface area contributed by atoms with Gasteiger partial charge in [-0.3, -0.25) is 9.89 Å². The first kappa shape index (κ1) is 14.7. The number of nitrogens with zero attached hydrogens (tertiary/aromatic N) is 4. The maximum absolute atomic E-state index is 12.0. The monoisotopic (exact) mass is 342 g/mol. The third-order valence-electron chi connectivity index (χ3n) is 2.63. The molecule has 2 rings (SSSR count). The van der Waals surface area contributed by atoms with Gasteiger partial charge in [0.05, 0.1) is 25.0 Å². The Morgan fingerprint density at radius 2 is 2.40 bits per heavy atom. The molecule has 0 atom stereocenters. The molecule has 0 bridgehead atoms. The number of anilines is 1. The summed E-state index contributed by atoms with van der Waals surface area (Å²) in [5, 5.41) is 13.8. The van der Waals surface area contributed by atoms with Gasteiger partial charge in [-0.25, -0.2) is 9.67 Å². The summed E-state index contributed by atoms with van der Waals surface area (Å²) in [6.45, 7) is 1.49. The van der Waals surface area contributed by atoms with Crippen LogP contribution in [0.15, 0.2) is 21.8 Å². The van der Waals surface area contributed by atoms with Gasteiger partial charge >= 0.3 is 0 Å². The van der Waals surface area contributed by atoms with Gasteiger partial charge < -0.3 is 10.1 Å². The van der Waals surface area contributed by atoms with Gasteiger partial charge in [0.25, 0.3) is 5.56 Å². The van der Waals surface area contributed by atoms with Crippen LogP contribution in [0.2, 0.25) is 0 Å². The Kier molecular flexibility index (Phi) is 5.24. The third kappa shape index (κ3) is 3.64. The second-order valence-electron chi connectivity index (χ2n) is 4.00. The highest BCUT2D eigenvalue weighted by Gasteiger charge is 2.08. The van der Waals surface area contributed by atoms with Crippen LogP contribution in [0.25, 0.3) is 0 Å². The molecule has 108 valence electrons. The molecule has 2 aromatic rings. The Bertz CT molecular complexity index is 597. The van der Waals surface area contributed by atoms with Gasteiger partial charge in [0, 0.05) is 20.1 Å². The van der Waals surface area contributed by atoms with Gasteiger partial charge in [-0.15, -0.1) is 0 Å². The summed E-state index contributed by atoms with van der Waals surface area (Å²) in [5.41, 5.74) is 0.467. The van der Waals surface area contributed by atoms with E-state index in [9.17, 15) is 4.79 Å². The van der Waals surface area contributed by atoms with Crippen molar-refractivity contribution in [3.05, 3.63) is 33.2 Å². The predicted molar refractivity (Wildman–Crippen MR) is 76.6 cm³/mol. The summed E-state index contributed by atoms with van der Waals surface area (Å²) < 4.78 is 6.75. The highest BCUT2D eigenvalue weighted by atomic mass is 79.9. The zero-order valence-electron chi connectivity index (χ0n) is 11.0.